The molecule has 2 heterocycles. The molecule has 1 aromatic rings. The highest BCUT2D eigenvalue weighted by Gasteiger charge is 2.27. The Balaban J connectivity index is 0.00000280. The van der Waals surface area contributed by atoms with Crippen molar-refractivity contribution in [2.45, 2.75) is 39.2 Å². The first-order valence-electron chi connectivity index (χ1n) is 10.3. The molecular formula is C21H35IN4O2. The second-order valence-electron chi connectivity index (χ2n) is 7.63. The molecule has 0 aliphatic carbocycles. The maximum absolute atomic E-state index is 10.1. The van der Waals surface area contributed by atoms with Crippen LogP contribution in [0.1, 0.15) is 38.2 Å². The molecule has 28 heavy (non-hydrogen) atoms. The summed E-state index contributed by atoms with van der Waals surface area (Å²) >= 11 is 0. The maximum atomic E-state index is 10.1. The van der Waals surface area contributed by atoms with E-state index in [1.807, 2.05) is 6.07 Å². The summed E-state index contributed by atoms with van der Waals surface area (Å²) in [6.07, 6.45) is 5.32. The highest BCUT2D eigenvalue weighted by Crippen LogP contribution is 2.24. The molecular weight excluding hydrogens is 467 g/mol. The molecule has 2 fully saturated rings. The van der Waals surface area contributed by atoms with E-state index in [2.05, 4.69) is 22.0 Å². The van der Waals surface area contributed by atoms with Crippen LogP contribution in [0, 0.1) is 5.92 Å². The number of likely N-dealkylation sites (tertiary alicyclic amines) is 2. The number of nitrogens with one attached hydrogen (secondary N) is 1. The number of phenols is 1. The van der Waals surface area contributed by atoms with E-state index in [4.69, 9.17) is 9.73 Å². The van der Waals surface area contributed by atoms with Crippen molar-refractivity contribution >= 4 is 29.9 Å². The lowest BCUT2D eigenvalue weighted by molar-refractivity contribution is 0.198. The number of guanidine groups is 1. The van der Waals surface area contributed by atoms with E-state index >= 15 is 0 Å². The smallest absolute Gasteiger partial charge is 0.194 e. The van der Waals surface area contributed by atoms with Gasteiger partial charge in [-0.05, 0) is 63.4 Å². The number of hydrogen-bond donors (Lipinski definition) is 2. The normalized spacial score (nSPS) is 20.7. The first-order valence-corrected chi connectivity index (χ1v) is 10.3. The van der Waals surface area contributed by atoms with Crippen LogP contribution in [0.3, 0.4) is 0 Å². The van der Waals surface area contributed by atoms with Gasteiger partial charge in [0.25, 0.3) is 0 Å². The van der Waals surface area contributed by atoms with Crippen LogP contribution >= 0.6 is 24.0 Å². The van der Waals surface area contributed by atoms with Gasteiger partial charge in [0.05, 0.1) is 13.7 Å². The number of hydrogen-bond acceptors (Lipinski definition) is 4. The Kier molecular flexibility index (Phi) is 9.64. The number of methoxy groups -OCH3 is 1. The third kappa shape index (κ3) is 6.40. The van der Waals surface area contributed by atoms with Crippen molar-refractivity contribution in [2.24, 2.45) is 10.9 Å². The molecule has 1 aromatic carbocycles. The molecule has 0 spiro atoms. The molecule has 0 amide bonds. The summed E-state index contributed by atoms with van der Waals surface area (Å²) in [5, 5.41) is 13.5. The van der Waals surface area contributed by atoms with Gasteiger partial charge in [0.1, 0.15) is 11.5 Å². The van der Waals surface area contributed by atoms with E-state index in [1.165, 1.54) is 45.3 Å². The number of benzene rings is 1. The number of aliphatic imine (C=N–C) groups is 1. The zero-order valence-electron chi connectivity index (χ0n) is 17.2. The van der Waals surface area contributed by atoms with Crippen LogP contribution in [-0.4, -0.2) is 67.2 Å². The minimum absolute atomic E-state index is 0. The van der Waals surface area contributed by atoms with Gasteiger partial charge in [-0.2, -0.15) is 0 Å². The fourth-order valence-corrected chi connectivity index (χ4v) is 4.08. The van der Waals surface area contributed by atoms with Crippen molar-refractivity contribution in [3.8, 4) is 11.5 Å². The van der Waals surface area contributed by atoms with Crippen LogP contribution in [0.5, 0.6) is 11.5 Å². The molecule has 1 unspecified atom stereocenters. The summed E-state index contributed by atoms with van der Waals surface area (Å²) < 4.78 is 5.26. The molecule has 158 valence electrons. The quantitative estimate of drug-likeness (QED) is 0.355. The molecule has 0 bridgehead atoms. The van der Waals surface area contributed by atoms with E-state index in [0.29, 0.717) is 6.54 Å². The van der Waals surface area contributed by atoms with Crippen molar-refractivity contribution in [3.63, 3.8) is 0 Å². The first-order chi connectivity index (χ1) is 13.2. The number of ether oxygens (including phenoxy) is 1. The first kappa shape index (κ1) is 23.1. The summed E-state index contributed by atoms with van der Waals surface area (Å²) in [7, 11) is 1.64. The number of phenolic OH excluding ortho intramolecular Hbond substituents is 1. The Bertz CT molecular complexity index is 635. The molecule has 2 N–H and O–H groups in total. The van der Waals surface area contributed by atoms with Crippen LogP contribution < -0.4 is 10.1 Å². The van der Waals surface area contributed by atoms with Crippen LogP contribution in [0.4, 0.5) is 0 Å². The van der Waals surface area contributed by atoms with Crippen molar-refractivity contribution in [3.05, 3.63) is 23.8 Å². The summed E-state index contributed by atoms with van der Waals surface area (Å²) in [6, 6.07) is 5.28. The molecule has 2 aliphatic heterocycles. The van der Waals surface area contributed by atoms with Crippen LogP contribution in [0.2, 0.25) is 0 Å². The number of rotatable bonds is 6. The van der Waals surface area contributed by atoms with Crippen molar-refractivity contribution < 1.29 is 9.84 Å². The number of nitrogens with zero attached hydrogens (tertiary/aromatic N) is 3. The summed E-state index contributed by atoms with van der Waals surface area (Å²) in [5.74, 6) is 2.67. The monoisotopic (exact) mass is 502 g/mol. The van der Waals surface area contributed by atoms with Crippen molar-refractivity contribution in [2.75, 3.05) is 46.4 Å². The molecule has 2 aliphatic rings. The van der Waals surface area contributed by atoms with Crippen molar-refractivity contribution in [1.82, 2.24) is 15.1 Å². The highest BCUT2D eigenvalue weighted by molar-refractivity contribution is 14.0. The summed E-state index contributed by atoms with van der Waals surface area (Å²) in [6.45, 7) is 9.24. The summed E-state index contributed by atoms with van der Waals surface area (Å²) in [4.78, 5) is 9.79. The lowest BCUT2D eigenvalue weighted by Crippen LogP contribution is -2.41. The highest BCUT2D eigenvalue weighted by atomic mass is 127. The van der Waals surface area contributed by atoms with Crippen LogP contribution in [0.25, 0.3) is 0 Å². The lowest BCUT2D eigenvalue weighted by Gasteiger charge is -2.29. The van der Waals surface area contributed by atoms with Gasteiger partial charge >= 0.3 is 0 Å². The second-order valence-corrected chi connectivity index (χ2v) is 7.63. The van der Waals surface area contributed by atoms with Gasteiger partial charge in [-0.15, -0.1) is 24.0 Å². The lowest BCUT2D eigenvalue weighted by atomic mass is 10.1. The van der Waals surface area contributed by atoms with Crippen LogP contribution in [0.15, 0.2) is 23.2 Å². The zero-order valence-corrected chi connectivity index (χ0v) is 19.5. The van der Waals surface area contributed by atoms with E-state index in [1.54, 1.807) is 19.2 Å². The molecule has 1 atom stereocenters. The topological polar surface area (TPSA) is 60.3 Å². The van der Waals surface area contributed by atoms with E-state index in [9.17, 15) is 5.11 Å². The molecule has 6 nitrogen and oxygen atoms in total. The minimum atomic E-state index is 0. The predicted molar refractivity (Wildman–Crippen MR) is 125 cm³/mol. The molecule has 0 radical (unpaired) electrons. The summed E-state index contributed by atoms with van der Waals surface area (Å²) in [5.41, 5.74) is 0.786. The Labute approximate surface area is 186 Å². The number of aromatic hydroxyl groups is 1. The third-order valence-electron chi connectivity index (χ3n) is 5.57. The Morgan fingerprint density at radius 3 is 2.75 bits per heavy atom. The van der Waals surface area contributed by atoms with E-state index < -0.39 is 0 Å². The standard InChI is InChI=1S/C21H34N4O2.HI/c1-3-22-21(23-14-18-13-19(27-2)7-8-20(18)26)25-12-9-17(16-25)15-24-10-5-4-6-11-24;/h7-8,13,17,26H,3-6,9-12,14-16H2,1-2H3,(H,22,23);1H. The van der Waals surface area contributed by atoms with Gasteiger partial charge in [0.15, 0.2) is 5.96 Å². The molecule has 0 aromatic heterocycles. The van der Waals surface area contributed by atoms with Gasteiger partial charge in [-0.1, -0.05) is 6.42 Å². The van der Waals surface area contributed by atoms with Gasteiger partial charge in [0.2, 0.25) is 0 Å². The molecule has 3 rings (SSSR count). The average Bonchev–Trinajstić information content (AvgIpc) is 3.15. The fraction of sp³-hybridized carbons (Fsp3) is 0.667. The Hall–Kier alpha value is -1.22. The van der Waals surface area contributed by atoms with E-state index in [-0.39, 0.29) is 29.7 Å². The number of piperidine rings is 1. The minimum Gasteiger partial charge on any atom is -0.508 e. The zero-order chi connectivity index (χ0) is 19.1. The molecule has 2 saturated heterocycles. The van der Waals surface area contributed by atoms with E-state index in [0.717, 1.165) is 42.8 Å². The Morgan fingerprint density at radius 1 is 1.25 bits per heavy atom. The second kappa shape index (κ2) is 11.7. The maximum Gasteiger partial charge on any atom is 0.194 e. The third-order valence-corrected chi connectivity index (χ3v) is 5.57. The SMILES string of the molecule is CCNC(=NCc1cc(OC)ccc1O)N1CCC(CN2CCCCC2)C1.I. The van der Waals surface area contributed by atoms with Crippen molar-refractivity contribution in [1.29, 1.82) is 0 Å². The van der Waals surface area contributed by atoms with Crippen LogP contribution in [-0.2, 0) is 6.54 Å². The molecule has 0 saturated carbocycles. The van der Waals surface area contributed by atoms with Gasteiger partial charge in [0, 0.05) is 31.7 Å². The Morgan fingerprint density at radius 2 is 2.04 bits per heavy atom. The number of halogens is 1. The van der Waals surface area contributed by atoms with Gasteiger partial charge in [-0.3, -0.25) is 0 Å². The fourth-order valence-electron chi connectivity index (χ4n) is 4.08. The largest absolute Gasteiger partial charge is 0.508 e. The van der Waals surface area contributed by atoms with Gasteiger partial charge < -0.3 is 25.0 Å². The average molecular weight is 502 g/mol. The predicted octanol–water partition coefficient (Wildman–Crippen LogP) is 3.29. The van der Waals surface area contributed by atoms with Gasteiger partial charge in [-0.25, -0.2) is 4.99 Å². The molecule has 7 heteroatoms.